The Kier molecular flexibility index (Phi) is 4.38. The quantitative estimate of drug-likeness (QED) is 0.735. The molecule has 116 valence electrons. The highest BCUT2D eigenvalue weighted by Crippen LogP contribution is 2.19. The number of anilines is 1. The summed E-state index contributed by atoms with van der Waals surface area (Å²) in [5.74, 6) is -0.424. The van der Waals surface area contributed by atoms with Gasteiger partial charge in [-0.3, -0.25) is 9.48 Å². The lowest BCUT2D eigenvalue weighted by molar-refractivity contribution is -0.118. The number of carbonyl (C=O) groups is 1. The van der Waals surface area contributed by atoms with Gasteiger partial charge in [0.2, 0.25) is 5.91 Å². The van der Waals surface area contributed by atoms with Crippen LogP contribution in [0.1, 0.15) is 17.2 Å². The summed E-state index contributed by atoms with van der Waals surface area (Å²) in [7, 11) is 0. The van der Waals surface area contributed by atoms with Gasteiger partial charge >= 0.3 is 0 Å². The zero-order valence-corrected chi connectivity index (χ0v) is 12.6. The van der Waals surface area contributed by atoms with Gasteiger partial charge in [-0.15, -0.1) is 0 Å². The Bertz CT molecular complexity index is 768. The fraction of sp³-hybridized carbons (Fsp3) is 0.111. The second-order valence-electron chi connectivity index (χ2n) is 5.30. The van der Waals surface area contributed by atoms with Crippen LogP contribution in [-0.2, 0) is 11.3 Å². The Morgan fingerprint density at radius 3 is 2.39 bits per heavy atom. The maximum absolute atomic E-state index is 11.7. The first-order chi connectivity index (χ1) is 11.2. The lowest BCUT2D eigenvalue weighted by atomic mass is 10.1. The number of rotatable bonds is 6. The molecule has 23 heavy (non-hydrogen) atoms. The molecular weight excluding hydrogens is 288 g/mol. The molecule has 0 fully saturated rings. The Morgan fingerprint density at radius 1 is 1.09 bits per heavy atom. The molecule has 0 bridgehead atoms. The number of nitrogens with zero attached hydrogens (tertiary/aromatic N) is 2. The molecular formula is C18H18N4O. The van der Waals surface area contributed by atoms with Gasteiger partial charge in [0.25, 0.3) is 0 Å². The van der Waals surface area contributed by atoms with Crippen LogP contribution >= 0.6 is 0 Å². The lowest BCUT2D eigenvalue weighted by Gasteiger charge is -2.15. The van der Waals surface area contributed by atoms with Crippen LogP contribution in [0.3, 0.4) is 0 Å². The minimum atomic E-state index is -0.578. The SMILES string of the molecule is NC(=O)C(Nc1cnn(Cc2ccccc2)c1)c1ccccc1. The largest absolute Gasteiger partial charge is 0.368 e. The van der Waals surface area contributed by atoms with E-state index in [1.165, 1.54) is 0 Å². The molecule has 0 aliphatic heterocycles. The molecule has 0 aliphatic rings. The Labute approximate surface area is 134 Å². The topological polar surface area (TPSA) is 72.9 Å². The van der Waals surface area contributed by atoms with Gasteiger partial charge in [0, 0.05) is 6.20 Å². The number of hydrogen-bond acceptors (Lipinski definition) is 3. The molecule has 2 aromatic carbocycles. The summed E-state index contributed by atoms with van der Waals surface area (Å²) >= 11 is 0. The van der Waals surface area contributed by atoms with Crippen molar-refractivity contribution in [3.05, 3.63) is 84.2 Å². The number of carbonyl (C=O) groups excluding carboxylic acids is 1. The summed E-state index contributed by atoms with van der Waals surface area (Å²) in [6, 6.07) is 18.9. The van der Waals surface area contributed by atoms with Gasteiger partial charge < -0.3 is 11.1 Å². The summed E-state index contributed by atoms with van der Waals surface area (Å²) in [6.07, 6.45) is 3.56. The Morgan fingerprint density at radius 2 is 1.74 bits per heavy atom. The van der Waals surface area contributed by atoms with Crippen molar-refractivity contribution in [2.75, 3.05) is 5.32 Å². The van der Waals surface area contributed by atoms with Gasteiger partial charge in [0.05, 0.1) is 18.4 Å². The van der Waals surface area contributed by atoms with Crippen LogP contribution in [-0.4, -0.2) is 15.7 Å². The number of nitrogens with two attached hydrogens (primary N) is 1. The van der Waals surface area contributed by atoms with E-state index >= 15 is 0 Å². The van der Waals surface area contributed by atoms with Crippen LogP contribution in [0.15, 0.2) is 73.1 Å². The van der Waals surface area contributed by atoms with Crippen LogP contribution in [0.25, 0.3) is 0 Å². The van der Waals surface area contributed by atoms with E-state index in [1.54, 1.807) is 6.20 Å². The Balaban J connectivity index is 1.73. The van der Waals surface area contributed by atoms with Crippen molar-refractivity contribution >= 4 is 11.6 Å². The normalized spacial score (nSPS) is 11.8. The maximum Gasteiger partial charge on any atom is 0.244 e. The summed E-state index contributed by atoms with van der Waals surface area (Å²) < 4.78 is 1.82. The molecule has 5 nitrogen and oxygen atoms in total. The van der Waals surface area contributed by atoms with E-state index in [4.69, 9.17) is 5.73 Å². The summed E-state index contributed by atoms with van der Waals surface area (Å²) in [5, 5.41) is 7.46. The maximum atomic E-state index is 11.7. The van der Waals surface area contributed by atoms with Crippen LogP contribution < -0.4 is 11.1 Å². The number of benzene rings is 2. The van der Waals surface area contributed by atoms with E-state index in [9.17, 15) is 4.79 Å². The molecule has 1 unspecified atom stereocenters. The second-order valence-corrected chi connectivity index (χ2v) is 5.30. The smallest absolute Gasteiger partial charge is 0.244 e. The fourth-order valence-corrected chi connectivity index (χ4v) is 2.43. The molecule has 0 radical (unpaired) electrons. The predicted octanol–water partition coefficient (Wildman–Crippen LogP) is 2.57. The molecule has 1 heterocycles. The zero-order chi connectivity index (χ0) is 16.1. The van der Waals surface area contributed by atoms with Crippen molar-refractivity contribution in [1.29, 1.82) is 0 Å². The molecule has 3 rings (SSSR count). The number of nitrogens with one attached hydrogen (secondary N) is 1. The van der Waals surface area contributed by atoms with E-state index in [2.05, 4.69) is 10.4 Å². The first kappa shape index (κ1) is 14.8. The van der Waals surface area contributed by atoms with E-state index in [0.29, 0.717) is 6.54 Å². The average molecular weight is 306 g/mol. The minimum Gasteiger partial charge on any atom is -0.368 e. The van der Waals surface area contributed by atoms with E-state index in [-0.39, 0.29) is 0 Å². The standard InChI is InChI=1S/C18H18N4O/c19-18(23)17(15-9-5-2-6-10-15)21-16-11-20-22(13-16)12-14-7-3-1-4-8-14/h1-11,13,17,21H,12H2,(H2,19,23). The second kappa shape index (κ2) is 6.79. The monoisotopic (exact) mass is 306 g/mol. The number of aromatic nitrogens is 2. The van der Waals surface area contributed by atoms with E-state index < -0.39 is 11.9 Å². The van der Waals surface area contributed by atoms with Gasteiger partial charge in [-0.25, -0.2) is 0 Å². The van der Waals surface area contributed by atoms with Gasteiger partial charge in [0.1, 0.15) is 6.04 Å². The molecule has 3 aromatic rings. The number of hydrogen-bond donors (Lipinski definition) is 2. The van der Waals surface area contributed by atoms with Crippen molar-refractivity contribution in [3.63, 3.8) is 0 Å². The van der Waals surface area contributed by atoms with Gasteiger partial charge in [-0.1, -0.05) is 60.7 Å². The first-order valence-corrected chi connectivity index (χ1v) is 7.39. The molecule has 0 spiro atoms. The highest BCUT2D eigenvalue weighted by molar-refractivity contribution is 5.84. The summed E-state index contributed by atoms with van der Waals surface area (Å²) in [6.45, 7) is 0.676. The minimum absolute atomic E-state index is 0.424. The number of primary amides is 1. The highest BCUT2D eigenvalue weighted by Gasteiger charge is 2.17. The molecule has 1 atom stereocenters. The van der Waals surface area contributed by atoms with Crippen LogP contribution in [0.2, 0.25) is 0 Å². The summed E-state index contributed by atoms with van der Waals surface area (Å²) in [4.78, 5) is 11.7. The molecule has 1 amide bonds. The van der Waals surface area contributed by atoms with Gasteiger partial charge in [0.15, 0.2) is 0 Å². The molecule has 1 aromatic heterocycles. The van der Waals surface area contributed by atoms with Gasteiger partial charge in [-0.2, -0.15) is 5.10 Å². The predicted molar refractivity (Wildman–Crippen MR) is 89.8 cm³/mol. The van der Waals surface area contributed by atoms with Crippen molar-refractivity contribution in [1.82, 2.24) is 9.78 Å². The van der Waals surface area contributed by atoms with Crippen molar-refractivity contribution in [2.24, 2.45) is 5.73 Å². The highest BCUT2D eigenvalue weighted by atomic mass is 16.1. The van der Waals surface area contributed by atoms with Crippen LogP contribution in [0.4, 0.5) is 5.69 Å². The van der Waals surface area contributed by atoms with E-state index in [1.807, 2.05) is 71.5 Å². The van der Waals surface area contributed by atoms with Crippen molar-refractivity contribution in [2.45, 2.75) is 12.6 Å². The molecule has 0 saturated carbocycles. The van der Waals surface area contributed by atoms with Crippen molar-refractivity contribution in [3.8, 4) is 0 Å². The van der Waals surface area contributed by atoms with Crippen molar-refractivity contribution < 1.29 is 4.79 Å². The third kappa shape index (κ3) is 3.77. The average Bonchev–Trinajstić information content (AvgIpc) is 3.01. The van der Waals surface area contributed by atoms with Gasteiger partial charge in [-0.05, 0) is 11.1 Å². The fourth-order valence-electron chi connectivity index (χ4n) is 2.43. The third-order valence-electron chi connectivity index (χ3n) is 3.55. The lowest BCUT2D eigenvalue weighted by Crippen LogP contribution is -2.27. The van der Waals surface area contributed by atoms with E-state index in [0.717, 1.165) is 16.8 Å². The number of amides is 1. The molecule has 3 N–H and O–H groups in total. The molecule has 0 saturated heterocycles. The zero-order valence-electron chi connectivity index (χ0n) is 12.6. The first-order valence-electron chi connectivity index (χ1n) is 7.39. The Hall–Kier alpha value is -3.08. The third-order valence-corrected chi connectivity index (χ3v) is 3.55. The molecule has 5 heteroatoms. The molecule has 0 aliphatic carbocycles. The summed E-state index contributed by atoms with van der Waals surface area (Å²) in [5.41, 5.74) is 8.27. The van der Waals surface area contributed by atoms with Crippen LogP contribution in [0.5, 0.6) is 0 Å². The van der Waals surface area contributed by atoms with Crippen LogP contribution in [0, 0.1) is 0 Å².